The van der Waals surface area contributed by atoms with Gasteiger partial charge in [0.15, 0.2) is 5.75 Å². The van der Waals surface area contributed by atoms with Crippen molar-refractivity contribution in [2.24, 2.45) is 12.8 Å². The Kier molecular flexibility index (Phi) is 4.28. The summed E-state index contributed by atoms with van der Waals surface area (Å²) in [5, 5.41) is 4.12. The maximum Gasteiger partial charge on any atom is 0.161 e. The summed E-state index contributed by atoms with van der Waals surface area (Å²) in [5.74, 6) is 1.83. The molecule has 0 aliphatic carbocycles. The predicted octanol–water partition coefficient (Wildman–Crippen LogP) is 1.18. The van der Waals surface area contributed by atoms with E-state index in [0.29, 0.717) is 0 Å². The quantitative estimate of drug-likeness (QED) is 0.801. The largest absolute Gasteiger partial charge is 0.493 e. The Morgan fingerprint density at radius 1 is 1.71 bits per heavy atom. The molecule has 4 nitrogen and oxygen atoms in total. The first-order valence-electron chi connectivity index (χ1n) is 4.51. The maximum atomic E-state index is 6.05. The maximum absolute atomic E-state index is 6.05. The second-order valence-corrected chi connectivity index (χ2v) is 4.10. The summed E-state index contributed by atoms with van der Waals surface area (Å²) in [4.78, 5) is 0. The molecular formula is C9H17N3OS. The van der Waals surface area contributed by atoms with Crippen molar-refractivity contribution in [3.05, 3.63) is 11.9 Å². The summed E-state index contributed by atoms with van der Waals surface area (Å²) in [6.45, 7) is 0. The van der Waals surface area contributed by atoms with Crippen LogP contribution in [0.1, 0.15) is 18.2 Å². The molecule has 0 saturated carbocycles. The summed E-state index contributed by atoms with van der Waals surface area (Å²) in [5.41, 5.74) is 7.02. The molecule has 1 aromatic heterocycles. The van der Waals surface area contributed by atoms with Crippen molar-refractivity contribution in [3.8, 4) is 5.75 Å². The molecule has 1 rings (SSSR count). The monoisotopic (exact) mass is 215 g/mol. The minimum Gasteiger partial charge on any atom is -0.493 e. The van der Waals surface area contributed by atoms with Crippen molar-refractivity contribution in [3.63, 3.8) is 0 Å². The minimum atomic E-state index is 0.00454. The molecule has 1 atom stereocenters. The second-order valence-electron chi connectivity index (χ2n) is 3.11. The molecule has 0 amide bonds. The van der Waals surface area contributed by atoms with Crippen molar-refractivity contribution in [1.82, 2.24) is 9.78 Å². The Bertz CT molecular complexity index is 288. The summed E-state index contributed by atoms with van der Waals surface area (Å²) < 4.78 is 6.98. The van der Waals surface area contributed by atoms with E-state index in [-0.39, 0.29) is 6.04 Å². The third-order valence-electron chi connectivity index (χ3n) is 2.15. The van der Waals surface area contributed by atoms with E-state index in [1.165, 1.54) is 0 Å². The van der Waals surface area contributed by atoms with Gasteiger partial charge in [0, 0.05) is 7.05 Å². The number of rotatable bonds is 5. The number of methoxy groups -OCH3 is 1. The van der Waals surface area contributed by atoms with Gasteiger partial charge in [0.2, 0.25) is 0 Å². The molecule has 1 unspecified atom stereocenters. The topological polar surface area (TPSA) is 53.1 Å². The summed E-state index contributed by atoms with van der Waals surface area (Å²) in [6.07, 6.45) is 4.72. The van der Waals surface area contributed by atoms with Crippen molar-refractivity contribution < 1.29 is 4.74 Å². The zero-order valence-electron chi connectivity index (χ0n) is 8.86. The Morgan fingerprint density at radius 3 is 3.00 bits per heavy atom. The van der Waals surface area contributed by atoms with Gasteiger partial charge in [-0.3, -0.25) is 4.68 Å². The van der Waals surface area contributed by atoms with Crippen molar-refractivity contribution in [2.75, 3.05) is 19.1 Å². The van der Waals surface area contributed by atoms with Crippen LogP contribution in [0.25, 0.3) is 0 Å². The lowest BCUT2D eigenvalue weighted by Gasteiger charge is -2.12. The van der Waals surface area contributed by atoms with Gasteiger partial charge in [-0.2, -0.15) is 16.9 Å². The van der Waals surface area contributed by atoms with Gasteiger partial charge in [0.05, 0.1) is 25.0 Å². The van der Waals surface area contributed by atoms with Crippen LogP contribution in [0, 0.1) is 0 Å². The number of hydrogen-bond donors (Lipinski definition) is 1. The van der Waals surface area contributed by atoms with Gasteiger partial charge in [-0.25, -0.2) is 0 Å². The molecule has 0 spiro atoms. The second kappa shape index (κ2) is 5.26. The Labute approximate surface area is 88.8 Å². The van der Waals surface area contributed by atoms with E-state index in [9.17, 15) is 0 Å². The number of nitrogens with zero attached hydrogens (tertiary/aromatic N) is 2. The minimum absolute atomic E-state index is 0.00454. The fourth-order valence-corrected chi connectivity index (χ4v) is 1.88. The Balaban J connectivity index is 2.76. The van der Waals surface area contributed by atoms with Gasteiger partial charge in [0.25, 0.3) is 0 Å². The average molecular weight is 215 g/mol. The third kappa shape index (κ3) is 2.42. The molecule has 2 N–H and O–H groups in total. The van der Waals surface area contributed by atoms with Gasteiger partial charge in [-0.1, -0.05) is 0 Å². The molecular weight excluding hydrogens is 198 g/mol. The third-order valence-corrected chi connectivity index (χ3v) is 2.80. The van der Waals surface area contributed by atoms with Crippen LogP contribution in [0.3, 0.4) is 0 Å². The molecule has 0 fully saturated rings. The standard InChI is InChI=1S/C9H17N3OS/c1-12-9(7(10)4-5-14-3)8(13-2)6-11-12/h6-7H,4-5,10H2,1-3H3. The molecule has 0 aromatic carbocycles. The van der Waals surface area contributed by atoms with E-state index in [4.69, 9.17) is 10.5 Å². The highest BCUT2D eigenvalue weighted by Crippen LogP contribution is 2.25. The molecule has 0 aliphatic rings. The summed E-state index contributed by atoms with van der Waals surface area (Å²) in [7, 11) is 3.53. The van der Waals surface area contributed by atoms with E-state index in [1.807, 2.05) is 7.05 Å². The number of thioether (sulfide) groups is 1. The normalized spacial score (nSPS) is 12.9. The lowest BCUT2D eigenvalue weighted by molar-refractivity contribution is 0.402. The number of hydrogen-bond acceptors (Lipinski definition) is 4. The van der Waals surface area contributed by atoms with E-state index < -0.39 is 0 Å². The van der Waals surface area contributed by atoms with Gasteiger partial charge >= 0.3 is 0 Å². The fourth-order valence-electron chi connectivity index (χ4n) is 1.39. The van der Waals surface area contributed by atoms with Crippen LogP contribution in [-0.2, 0) is 7.05 Å². The number of ether oxygens (including phenoxy) is 1. The van der Waals surface area contributed by atoms with Gasteiger partial charge in [-0.15, -0.1) is 0 Å². The fraction of sp³-hybridized carbons (Fsp3) is 0.667. The average Bonchev–Trinajstić information content (AvgIpc) is 2.56. The highest BCUT2D eigenvalue weighted by atomic mass is 32.2. The molecule has 1 aromatic rings. The smallest absolute Gasteiger partial charge is 0.161 e. The van der Waals surface area contributed by atoms with Crippen molar-refractivity contribution in [2.45, 2.75) is 12.5 Å². The molecule has 0 aliphatic heterocycles. The van der Waals surface area contributed by atoms with Gasteiger partial charge in [0.1, 0.15) is 0 Å². The molecule has 0 saturated heterocycles. The molecule has 0 bridgehead atoms. The zero-order chi connectivity index (χ0) is 10.6. The lowest BCUT2D eigenvalue weighted by Crippen LogP contribution is -2.16. The van der Waals surface area contributed by atoms with E-state index >= 15 is 0 Å². The molecule has 14 heavy (non-hydrogen) atoms. The van der Waals surface area contributed by atoms with Crippen molar-refractivity contribution in [1.29, 1.82) is 0 Å². The number of aryl methyl sites for hydroxylation is 1. The number of aromatic nitrogens is 2. The summed E-state index contributed by atoms with van der Waals surface area (Å²) >= 11 is 1.80. The van der Waals surface area contributed by atoms with Gasteiger partial charge < -0.3 is 10.5 Å². The van der Waals surface area contributed by atoms with Crippen LogP contribution >= 0.6 is 11.8 Å². The predicted molar refractivity (Wildman–Crippen MR) is 59.7 cm³/mol. The molecule has 80 valence electrons. The summed E-state index contributed by atoms with van der Waals surface area (Å²) in [6, 6.07) is 0.00454. The van der Waals surface area contributed by atoms with E-state index in [2.05, 4.69) is 11.4 Å². The van der Waals surface area contributed by atoms with E-state index in [1.54, 1.807) is 29.8 Å². The molecule has 1 heterocycles. The van der Waals surface area contributed by atoms with Crippen molar-refractivity contribution >= 4 is 11.8 Å². The lowest BCUT2D eigenvalue weighted by atomic mass is 10.1. The Hall–Kier alpha value is -0.680. The SMILES string of the molecule is COc1cnn(C)c1C(N)CCSC. The zero-order valence-corrected chi connectivity index (χ0v) is 9.67. The van der Waals surface area contributed by atoms with Crippen LogP contribution in [0.2, 0.25) is 0 Å². The van der Waals surface area contributed by atoms with E-state index in [0.717, 1.165) is 23.6 Å². The van der Waals surface area contributed by atoms with Gasteiger partial charge in [-0.05, 0) is 18.4 Å². The first kappa shape index (κ1) is 11.4. The first-order chi connectivity index (χ1) is 6.70. The van der Waals surface area contributed by atoms with Crippen LogP contribution in [0.15, 0.2) is 6.20 Å². The highest BCUT2D eigenvalue weighted by Gasteiger charge is 2.16. The number of nitrogens with two attached hydrogens (primary N) is 1. The highest BCUT2D eigenvalue weighted by molar-refractivity contribution is 7.98. The Morgan fingerprint density at radius 2 is 2.43 bits per heavy atom. The first-order valence-corrected chi connectivity index (χ1v) is 5.90. The molecule has 0 radical (unpaired) electrons. The van der Waals surface area contributed by atoms with Crippen LogP contribution in [-0.4, -0.2) is 28.9 Å². The van der Waals surface area contributed by atoms with Crippen LogP contribution in [0.5, 0.6) is 5.75 Å². The molecule has 5 heteroatoms. The van der Waals surface area contributed by atoms with Crippen LogP contribution < -0.4 is 10.5 Å². The van der Waals surface area contributed by atoms with Crippen LogP contribution in [0.4, 0.5) is 0 Å².